The number of carboxylic acid groups (broad SMARTS) is 1. The fourth-order valence-electron chi connectivity index (χ4n) is 2.21. The molecule has 1 heterocycles. The summed E-state index contributed by atoms with van der Waals surface area (Å²) < 4.78 is 5.21. The summed E-state index contributed by atoms with van der Waals surface area (Å²) in [7, 11) is 1.62. The van der Waals surface area contributed by atoms with Gasteiger partial charge >= 0.3 is 5.97 Å². The minimum absolute atomic E-state index is 0.0496. The highest BCUT2D eigenvalue weighted by Gasteiger charge is 2.14. The number of fused-ring (bicyclic) bond motifs is 1. The standard InChI is InChI=1S/C15H18N2O3/c1-3-8-17(10-14(18)19)15-13-5-4-12(20-2)9-11(13)6-7-16-15/h4-7,9H,3,8,10H2,1-2H3,(H,18,19). The first-order valence-electron chi connectivity index (χ1n) is 6.55. The second-order valence-electron chi connectivity index (χ2n) is 4.54. The lowest BCUT2D eigenvalue weighted by atomic mass is 10.1. The van der Waals surface area contributed by atoms with E-state index in [1.807, 2.05) is 31.2 Å². The molecule has 0 amide bonds. The molecule has 1 aromatic heterocycles. The van der Waals surface area contributed by atoms with Crippen molar-refractivity contribution < 1.29 is 14.6 Å². The van der Waals surface area contributed by atoms with Gasteiger partial charge in [-0.15, -0.1) is 0 Å². The number of hydrogen-bond acceptors (Lipinski definition) is 4. The molecule has 0 atom stereocenters. The highest BCUT2D eigenvalue weighted by Crippen LogP contribution is 2.27. The second-order valence-corrected chi connectivity index (χ2v) is 4.54. The minimum atomic E-state index is -0.856. The summed E-state index contributed by atoms with van der Waals surface area (Å²) in [5.41, 5.74) is 0. The van der Waals surface area contributed by atoms with Gasteiger partial charge in [-0.1, -0.05) is 6.92 Å². The van der Waals surface area contributed by atoms with Crippen molar-refractivity contribution in [2.24, 2.45) is 0 Å². The topological polar surface area (TPSA) is 62.7 Å². The van der Waals surface area contributed by atoms with Gasteiger partial charge in [0, 0.05) is 18.1 Å². The molecule has 0 saturated carbocycles. The number of hydrogen-bond donors (Lipinski definition) is 1. The van der Waals surface area contributed by atoms with E-state index in [4.69, 9.17) is 9.84 Å². The third kappa shape index (κ3) is 2.99. The Morgan fingerprint density at radius 3 is 2.85 bits per heavy atom. The number of anilines is 1. The molecule has 0 aliphatic rings. The van der Waals surface area contributed by atoms with Crippen LogP contribution in [-0.2, 0) is 4.79 Å². The third-order valence-electron chi connectivity index (χ3n) is 3.07. The predicted molar refractivity (Wildman–Crippen MR) is 78.4 cm³/mol. The van der Waals surface area contributed by atoms with E-state index in [2.05, 4.69) is 4.98 Å². The first-order chi connectivity index (χ1) is 9.65. The Bertz CT molecular complexity index is 613. The molecular formula is C15H18N2O3. The maximum absolute atomic E-state index is 11.0. The van der Waals surface area contributed by atoms with Crippen molar-refractivity contribution in [2.45, 2.75) is 13.3 Å². The largest absolute Gasteiger partial charge is 0.497 e. The first-order valence-corrected chi connectivity index (χ1v) is 6.55. The summed E-state index contributed by atoms with van der Waals surface area (Å²) in [5.74, 6) is 0.620. The van der Waals surface area contributed by atoms with Gasteiger partial charge in [0.15, 0.2) is 0 Å². The fourth-order valence-corrected chi connectivity index (χ4v) is 2.21. The Hall–Kier alpha value is -2.30. The molecule has 0 spiro atoms. The molecule has 5 heteroatoms. The van der Waals surface area contributed by atoms with Crippen molar-refractivity contribution in [2.75, 3.05) is 25.1 Å². The number of benzene rings is 1. The normalized spacial score (nSPS) is 10.5. The van der Waals surface area contributed by atoms with E-state index >= 15 is 0 Å². The minimum Gasteiger partial charge on any atom is -0.497 e. The number of nitrogens with zero attached hydrogens (tertiary/aromatic N) is 2. The average molecular weight is 274 g/mol. The monoisotopic (exact) mass is 274 g/mol. The molecule has 5 nitrogen and oxygen atoms in total. The molecule has 2 aromatic rings. The number of pyridine rings is 1. The molecule has 0 fully saturated rings. The van der Waals surface area contributed by atoms with Crippen molar-refractivity contribution in [1.82, 2.24) is 4.98 Å². The molecule has 20 heavy (non-hydrogen) atoms. The van der Waals surface area contributed by atoms with Gasteiger partial charge in [0.1, 0.15) is 18.1 Å². The van der Waals surface area contributed by atoms with Crippen molar-refractivity contribution in [1.29, 1.82) is 0 Å². The number of methoxy groups -OCH3 is 1. The lowest BCUT2D eigenvalue weighted by Crippen LogP contribution is -2.31. The number of carboxylic acids is 1. The van der Waals surface area contributed by atoms with E-state index in [0.717, 1.165) is 22.9 Å². The molecule has 2 rings (SSSR count). The molecule has 1 aromatic carbocycles. The van der Waals surface area contributed by atoms with Crippen LogP contribution in [-0.4, -0.2) is 36.3 Å². The molecule has 0 bridgehead atoms. The zero-order chi connectivity index (χ0) is 14.5. The number of aromatic nitrogens is 1. The molecule has 0 aliphatic carbocycles. The van der Waals surface area contributed by atoms with Crippen molar-refractivity contribution in [3.8, 4) is 5.75 Å². The van der Waals surface area contributed by atoms with Crippen LogP contribution in [0.2, 0.25) is 0 Å². The number of carbonyl (C=O) groups is 1. The maximum atomic E-state index is 11.0. The van der Waals surface area contributed by atoms with Gasteiger partial charge < -0.3 is 14.7 Å². The Labute approximate surface area is 117 Å². The predicted octanol–water partition coefficient (Wildman–Crippen LogP) is 2.54. The smallest absolute Gasteiger partial charge is 0.323 e. The van der Waals surface area contributed by atoms with Crippen LogP contribution in [0.4, 0.5) is 5.82 Å². The maximum Gasteiger partial charge on any atom is 0.323 e. The van der Waals surface area contributed by atoms with Crippen molar-refractivity contribution in [3.05, 3.63) is 30.5 Å². The number of ether oxygens (including phenoxy) is 1. The number of rotatable bonds is 6. The zero-order valence-corrected chi connectivity index (χ0v) is 11.7. The molecule has 0 saturated heterocycles. The summed E-state index contributed by atoms with van der Waals surface area (Å²) >= 11 is 0. The molecule has 0 unspecified atom stereocenters. The van der Waals surface area contributed by atoms with E-state index in [9.17, 15) is 4.79 Å². The van der Waals surface area contributed by atoms with Crippen molar-refractivity contribution in [3.63, 3.8) is 0 Å². The van der Waals surface area contributed by atoms with Gasteiger partial charge in [0.2, 0.25) is 0 Å². The van der Waals surface area contributed by atoms with Gasteiger partial charge in [-0.3, -0.25) is 4.79 Å². The van der Waals surface area contributed by atoms with Gasteiger partial charge in [-0.25, -0.2) is 4.98 Å². The summed E-state index contributed by atoms with van der Waals surface area (Å²) in [6.07, 6.45) is 2.56. The van der Waals surface area contributed by atoms with E-state index < -0.39 is 5.97 Å². The fraction of sp³-hybridized carbons (Fsp3) is 0.333. The highest BCUT2D eigenvalue weighted by molar-refractivity contribution is 5.94. The second kappa shape index (κ2) is 6.23. The lowest BCUT2D eigenvalue weighted by molar-refractivity contribution is -0.135. The first kappa shape index (κ1) is 14.1. The van der Waals surface area contributed by atoms with E-state index in [0.29, 0.717) is 12.4 Å². The molecule has 0 aliphatic heterocycles. The average Bonchev–Trinajstić information content (AvgIpc) is 2.45. The summed E-state index contributed by atoms with van der Waals surface area (Å²) in [6.45, 7) is 2.62. The van der Waals surface area contributed by atoms with Gasteiger partial charge in [0.05, 0.1) is 7.11 Å². The van der Waals surface area contributed by atoms with Crippen LogP contribution < -0.4 is 9.64 Å². The van der Waals surface area contributed by atoms with Crippen LogP contribution in [0.1, 0.15) is 13.3 Å². The molecular weight excluding hydrogens is 256 g/mol. The molecule has 0 radical (unpaired) electrons. The Kier molecular flexibility index (Phi) is 4.40. The molecule has 1 N–H and O–H groups in total. The zero-order valence-electron chi connectivity index (χ0n) is 11.7. The summed E-state index contributed by atoms with van der Waals surface area (Å²) in [4.78, 5) is 17.1. The Morgan fingerprint density at radius 1 is 1.40 bits per heavy atom. The number of aliphatic carboxylic acids is 1. The Balaban J connectivity index is 2.48. The van der Waals surface area contributed by atoms with E-state index in [-0.39, 0.29) is 6.54 Å². The lowest BCUT2D eigenvalue weighted by Gasteiger charge is -2.22. The van der Waals surface area contributed by atoms with Crippen LogP contribution in [0.5, 0.6) is 5.75 Å². The third-order valence-corrected chi connectivity index (χ3v) is 3.07. The SMILES string of the molecule is CCCN(CC(=O)O)c1nccc2cc(OC)ccc12. The van der Waals surface area contributed by atoms with E-state index in [1.165, 1.54) is 0 Å². The quantitative estimate of drug-likeness (QED) is 0.877. The summed E-state index contributed by atoms with van der Waals surface area (Å²) in [5, 5.41) is 11.0. The molecule has 106 valence electrons. The van der Waals surface area contributed by atoms with Crippen LogP contribution >= 0.6 is 0 Å². The van der Waals surface area contributed by atoms with Gasteiger partial charge in [-0.2, -0.15) is 0 Å². The van der Waals surface area contributed by atoms with Crippen LogP contribution in [0.25, 0.3) is 10.8 Å². The van der Waals surface area contributed by atoms with Gasteiger partial charge in [-0.05, 0) is 36.1 Å². The van der Waals surface area contributed by atoms with Crippen LogP contribution in [0, 0.1) is 0 Å². The van der Waals surface area contributed by atoms with E-state index in [1.54, 1.807) is 18.2 Å². The Morgan fingerprint density at radius 2 is 2.20 bits per heavy atom. The highest BCUT2D eigenvalue weighted by atomic mass is 16.5. The summed E-state index contributed by atoms with van der Waals surface area (Å²) in [6, 6.07) is 7.59. The van der Waals surface area contributed by atoms with Crippen molar-refractivity contribution >= 4 is 22.6 Å². The van der Waals surface area contributed by atoms with Gasteiger partial charge in [0.25, 0.3) is 0 Å². The van der Waals surface area contributed by atoms with Crippen LogP contribution in [0.15, 0.2) is 30.5 Å². The van der Waals surface area contributed by atoms with Crippen LogP contribution in [0.3, 0.4) is 0 Å².